The lowest BCUT2D eigenvalue weighted by molar-refractivity contribution is 0.308. The first-order chi connectivity index (χ1) is 11.1. The second-order valence-electron chi connectivity index (χ2n) is 5.38. The molecule has 6 heteroatoms. The maximum atomic E-state index is 9.09. The van der Waals surface area contributed by atoms with Crippen molar-refractivity contribution in [2.24, 2.45) is 0 Å². The van der Waals surface area contributed by atoms with Gasteiger partial charge in [-0.1, -0.05) is 23.7 Å². The second-order valence-corrected chi connectivity index (χ2v) is 5.81. The lowest BCUT2D eigenvalue weighted by atomic mass is 10.2. The Morgan fingerprint density at radius 2 is 1.92 bits per heavy atom. The average molecular weight is 362 g/mol. The van der Waals surface area contributed by atoms with E-state index in [0.717, 1.165) is 33.6 Å². The lowest BCUT2D eigenvalue weighted by Gasteiger charge is -2.10. The van der Waals surface area contributed by atoms with Crippen molar-refractivity contribution in [2.45, 2.75) is 27.0 Å². The number of ether oxygens (including phenoxy) is 1. The van der Waals surface area contributed by atoms with Gasteiger partial charge in [0.2, 0.25) is 0 Å². The molecule has 3 aromatic rings. The zero-order valence-corrected chi connectivity index (χ0v) is 15.0. The van der Waals surface area contributed by atoms with Crippen molar-refractivity contribution >= 4 is 35.0 Å². The molecule has 0 amide bonds. The lowest BCUT2D eigenvalue weighted by Crippen LogP contribution is -2.02. The molecular formula is C18H17Cl2N3O. The van der Waals surface area contributed by atoms with Gasteiger partial charge < -0.3 is 9.30 Å². The highest BCUT2D eigenvalue weighted by molar-refractivity contribution is 6.30. The molecule has 0 saturated carbocycles. The zero-order chi connectivity index (χ0) is 16.4. The molecule has 0 unspecified atom stereocenters. The highest BCUT2D eigenvalue weighted by Crippen LogP contribution is 2.31. The van der Waals surface area contributed by atoms with Gasteiger partial charge in [-0.2, -0.15) is 5.26 Å². The van der Waals surface area contributed by atoms with Gasteiger partial charge in [0.25, 0.3) is 0 Å². The fourth-order valence-electron chi connectivity index (χ4n) is 2.64. The molecule has 0 N–H and O–H groups in total. The highest BCUT2D eigenvalue weighted by atomic mass is 35.5. The Kier molecular flexibility index (Phi) is 5.71. The smallest absolute Gasteiger partial charge is 0.147 e. The third-order valence-electron chi connectivity index (χ3n) is 4.00. The molecule has 124 valence electrons. The quantitative estimate of drug-likeness (QED) is 0.668. The van der Waals surface area contributed by atoms with Crippen LogP contribution in [0.5, 0.6) is 5.75 Å². The van der Waals surface area contributed by atoms with E-state index in [0.29, 0.717) is 11.6 Å². The predicted octanol–water partition coefficient (Wildman–Crippen LogP) is 4.83. The number of pyridine rings is 1. The van der Waals surface area contributed by atoms with E-state index < -0.39 is 0 Å². The minimum atomic E-state index is 0. The van der Waals surface area contributed by atoms with Crippen molar-refractivity contribution in [3.63, 3.8) is 0 Å². The monoisotopic (exact) mass is 361 g/mol. The number of benzene rings is 1. The molecule has 3 rings (SSSR count). The van der Waals surface area contributed by atoms with Crippen molar-refractivity contribution < 1.29 is 4.74 Å². The number of hydrogen-bond donors (Lipinski definition) is 0. The fraction of sp³-hybridized carbons (Fsp3) is 0.222. The van der Waals surface area contributed by atoms with Crippen LogP contribution < -0.4 is 4.74 Å². The zero-order valence-electron chi connectivity index (χ0n) is 13.4. The summed E-state index contributed by atoms with van der Waals surface area (Å²) in [5, 5.41) is 9.80. The average Bonchev–Trinajstić information content (AvgIpc) is 2.80. The van der Waals surface area contributed by atoms with Crippen LogP contribution in [-0.4, -0.2) is 9.55 Å². The second kappa shape index (κ2) is 7.57. The number of fused-ring (bicyclic) bond motifs is 1. The molecule has 0 aliphatic heterocycles. The highest BCUT2D eigenvalue weighted by Gasteiger charge is 2.16. The summed E-state index contributed by atoms with van der Waals surface area (Å²) in [5.41, 5.74) is 4.90. The first-order valence-electron chi connectivity index (χ1n) is 7.30. The van der Waals surface area contributed by atoms with E-state index in [2.05, 4.69) is 11.1 Å². The predicted molar refractivity (Wildman–Crippen MR) is 97.9 cm³/mol. The third kappa shape index (κ3) is 3.33. The van der Waals surface area contributed by atoms with E-state index in [1.165, 1.54) is 0 Å². The summed E-state index contributed by atoms with van der Waals surface area (Å²) < 4.78 is 7.94. The van der Waals surface area contributed by atoms with Crippen molar-refractivity contribution in [1.82, 2.24) is 9.55 Å². The number of halogens is 2. The molecule has 2 aromatic heterocycles. The van der Waals surface area contributed by atoms with Gasteiger partial charge in [-0.25, -0.2) is 0 Å². The minimum absolute atomic E-state index is 0. The molecule has 0 radical (unpaired) electrons. The summed E-state index contributed by atoms with van der Waals surface area (Å²) in [4.78, 5) is 4.44. The Balaban J connectivity index is 0.00000208. The van der Waals surface area contributed by atoms with Crippen molar-refractivity contribution in [1.29, 1.82) is 5.26 Å². The molecule has 0 aliphatic carbocycles. The van der Waals surface area contributed by atoms with E-state index >= 15 is 0 Å². The molecule has 0 bridgehead atoms. The van der Waals surface area contributed by atoms with Crippen LogP contribution in [0.25, 0.3) is 11.0 Å². The topological polar surface area (TPSA) is 50.8 Å². The number of aryl methyl sites for hydroxylation is 1. The Morgan fingerprint density at radius 3 is 2.58 bits per heavy atom. The summed E-state index contributed by atoms with van der Waals surface area (Å²) in [7, 11) is 0. The van der Waals surface area contributed by atoms with Crippen LogP contribution in [0.15, 0.2) is 36.5 Å². The molecule has 0 spiro atoms. The third-order valence-corrected chi connectivity index (χ3v) is 4.25. The van der Waals surface area contributed by atoms with Crippen LogP contribution >= 0.6 is 24.0 Å². The first-order valence-corrected chi connectivity index (χ1v) is 7.68. The molecule has 0 saturated heterocycles. The summed E-state index contributed by atoms with van der Waals surface area (Å²) in [6.07, 6.45) is 1.74. The maximum absolute atomic E-state index is 9.09. The standard InChI is InChI=1S/C18H16ClN3O.ClH/c1-12-13(2)22(10-8-20)18-16(7-9-21-17(12)18)23-11-14-3-5-15(19)6-4-14;/h3-7,9H,10-11H2,1-2H3;1H. The van der Waals surface area contributed by atoms with Gasteiger partial charge in [-0.3, -0.25) is 4.98 Å². The molecule has 4 nitrogen and oxygen atoms in total. The van der Waals surface area contributed by atoms with Crippen LogP contribution in [0.4, 0.5) is 0 Å². The summed E-state index contributed by atoms with van der Waals surface area (Å²) in [6.45, 7) is 4.73. The summed E-state index contributed by atoms with van der Waals surface area (Å²) in [6, 6.07) is 11.6. The summed E-state index contributed by atoms with van der Waals surface area (Å²) in [5.74, 6) is 0.733. The van der Waals surface area contributed by atoms with Crippen LogP contribution in [-0.2, 0) is 13.2 Å². The van der Waals surface area contributed by atoms with Crippen LogP contribution in [0.2, 0.25) is 5.02 Å². The van der Waals surface area contributed by atoms with Crippen molar-refractivity contribution in [2.75, 3.05) is 0 Å². The summed E-state index contributed by atoms with van der Waals surface area (Å²) >= 11 is 5.90. The minimum Gasteiger partial charge on any atom is -0.487 e. The van der Waals surface area contributed by atoms with Gasteiger partial charge in [0, 0.05) is 23.0 Å². The van der Waals surface area contributed by atoms with Gasteiger partial charge in [-0.15, -0.1) is 12.4 Å². The molecule has 2 heterocycles. The number of nitrogens with zero attached hydrogens (tertiary/aromatic N) is 3. The van der Waals surface area contributed by atoms with Crippen molar-refractivity contribution in [3.05, 3.63) is 58.4 Å². The normalized spacial score (nSPS) is 10.2. The molecule has 24 heavy (non-hydrogen) atoms. The number of aromatic nitrogens is 2. The van der Waals surface area contributed by atoms with E-state index in [9.17, 15) is 0 Å². The maximum Gasteiger partial charge on any atom is 0.147 e. The van der Waals surface area contributed by atoms with E-state index in [1.807, 2.05) is 48.7 Å². The Hall–Kier alpha value is -2.22. The van der Waals surface area contributed by atoms with Gasteiger partial charge in [0.1, 0.15) is 24.4 Å². The number of rotatable bonds is 4. The molecule has 0 atom stereocenters. The largest absolute Gasteiger partial charge is 0.487 e. The fourth-order valence-corrected chi connectivity index (χ4v) is 2.77. The Bertz CT molecular complexity index is 895. The van der Waals surface area contributed by atoms with Gasteiger partial charge in [-0.05, 0) is 37.1 Å². The molecular weight excluding hydrogens is 345 g/mol. The van der Waals surface area contributed by atoms with E-state index in [-0.39, 0.29) is 19.0 Å². The molecule has 1 aromatic carbocycles. The molecule has 0 fully saturated rings. The van der Waals surface area contributed by atoms with Crippen LogP contribution in [0.1, 0.15) is 16.8 Å². The first kappa shape index (κ1) is 18.1. The Morgan fingerprint density at radius 1 is 1.21 bits per heavy atom. The van der Waals surface area contributed by atoms with Crippen LogP contribution in [0, 0.1) is 25.2 Å². The van der Waals surface area contributed by atoms with E-state index in [1.54, 1.807) is 6.20 Å². The van der Waals surface area contributed by atoms with Gasteiger partial charge in [0.15, 0.2) is 0 Å². The number of hydrogen-bond acceptors (Lipinski definition) is 3. The van der Waals surface area contributed by atoms with Gasteiger partial charge >= 0.3 is 0 Å². The SMILES string of the molecule is Cc1c(C)n(CC#N)c2c(OCc3ccc(Cl)cc3)ccnc12.Cl. The molecule has 0 aliphatic rings. The van der Waals surface area contributed by atoms with E-state index in [4.69, 9.17) is 21.6 Å². The van der Waals surface area contributed by atoms with Crippen LogP contribution in [0.3, 0.4) is 0 Å². The Labute approximate surface area is 152 Å². The van der Waals surface area contributed by atoms with Gasteiger partial charge in [0.05, 0.1) is 11.6 Å². The number of nitriles is 1. The van der Waals surface area contributed by atoms with Crippen molar-refractivity contribution in [3.8, 4) is 11.8 Å².